The van der Waals surface area contributed by atoms with E-state index >= 15 is 0 Å². The summed E-state index contributed by atoms with van der Waals surface area (Å²) in [5, 5.41) is 8.07. The molecule has 0 radical (unpaired) electrons. The van der Waals surface area contributed by atoms with Crippen molar-refractivity contribution in [2.75, 3.05) is 31.1 Å². The quantitative estimate of drug-likeness (QED) is 0.845. The molecule has 0 N–H and O–H groups in total. The number of carbonyl (C=O) groups excluding carboxylic acids is 1. The molecule has 3 heterocycles. The molecule has 0 bridgehead atoms. The van der Waals surface area contributed by atoms with Gasteiger partial charge in [-0.05, 0) is 25.5 Å². The number of hydrogen-bond donors (Lipinski definition) is 0. The molecule has 7 heteroatoms. The van der Waals surface area contributed by atoms with Gasteiger partial charge in [0.05, 0.1) is 6.33 Å². The van der Waals surface area contributed by atoms with Gasteiger partial charge in [0.25, 0.3) is 0 Å². The van der Waals surface area contributed by atoms with Gasteiger partial charge in [-0.25, -0.2) is 4.98 Å². The maximum absolute atomic E-state index is 12.6. The van der Waals surface area contributed by atoms with Crippen molar-refractivity contribution < 1.29 is 4.79 Å². The molecule has 3 rings (SSSR count). The lowest BCUT2D eigenvalue weighted by Gasteiger charge is -2.25. The van der Waals surface area contributed by atoms with Gasteiger partial charge in [-0.15, -0.1) is 5.10 Å². The van der Waals surface area contributed by atoms with E-state index in [2.05, 4.69) is 20.1 Å². The maximum atomic E-state index is 12.6. The molecule has 1 saturated heterocycles. The van der Waals surface area contributed by atoms with Crippen LogP contribution in [0.4, 0.5) is 5.82 Å². The van der Waals surface area contributed by atoms with E-state index in [-0.39, 0.29) is 11.9 Å². The molecule has 1 amide bonds. The molecule has 7 nitrogen and oxygen atoms in total. The summed E-state index contributed by atoms with van der Waals surface area (Å²) in [6, 6.07) is 3.63. The predicted molar refractivity (Wildman–Crippen MR) is 82.4 cm³/mol. The van der Waals surface area contributed by atoms with Crippen molar-refractivity contribution in [3.63, 3.8) is 0 Å². The van der Waals surface area contributed by atoms with Gasteiger partial charge in [-0.1, -0.05) is 0 Å². The highest BCUT2D eigenvalue weighted by Gasteiger charge is 2.24. The molecule has 2 aromatic rings. The van der Waals surface area contributed by atoms with Crippen molar-refractivity contribution in [3.8, 4) is 0 Å². The third kappa shape index (κ3) is 3.08. The lowest BCUT2D eigenvalue weighted by molar-refractivity contribution is -0.134. The Morgan fingerprint density at radius 2 is 2.14 bits per heavy atom. The Morgan fingerprint density at radius 1 is 1.23 bits per heavy atom. The summed E-state index contributed by atoms with van der Waals surface area (Å²) in [5.74, 6) is 1.01. The number of anilines is 1. The van der Waals surface area contributed by atoms with E-state index < -0.39 is 0 Å². The average molecular weight is 300 g/mol. The number of rotatable bonds is 3. The smallest absolute Gasteiger partial charge is 0.245 e. The minimum Gasteiger partial charge on any atom is -0.353 e. The van der Waals surface area contributed by atoms with Gasteiger partial charge in [-0.3, -0.25) is 4.79 Å². The molecular weight excluding hydrogens is 280 g/mol. The van der Waals surface area contributed by atoms with E-state index in [1.165, 1.54) is 0 Å². The van der Waals surface area contributed by atoms with Gasteiger partial charge >= 0.3 is 0 Å². The molecule has 1 atom stereocenters. The number of hydrogen-bond acceptors (Lipinski definition) is 5. The average Bonchev–Trinajstić information content (AvgIpc) is 2.99. The van der Waals surface area contributed by atoms with Crippen molar-refractivity contribution in [2.24, 2.45) is 0 Å². The van der Waals surface area contributed by atoms with Crippen LogP contribution in [0.1, 0.15) is 19.4 Å². The normalized spacial score (nSPS) is 17.1. The number of carbonyl (C=O) groups is 1. The van der Waals surface area contributed by atoms with Gasteiger partial charge in [0.2, 0.25) is 5.91 Å². The van der Waals surface area contributed by atoms with Gasteiger partial charge in [0, 0.05) is 44.8 Å². The molecule has 1 aliphatic rings. The SMILES string of the molecule is C[C@H](C(=O)N1CCCN(c2cccnn2)CC1)n1ccnc1. The third-order valence-electron chi connectivity index (χ3n) is 4.02. The van der Waals surface area contributed by atoms with Gasteiger partial charge in [0.1, 0.15) is 6.04 Å². The van der Waals surface area contributed by atoms with Crippen LogP contribution in [0.15, 0.2) is 37.1 Å². The van der Waals surface area contributed by atoms with E-state index in [1.54, 1.807) is 18.7 Å². The standard InChI is InChI=1S/C15H20N6O/c1-13(21-9-6-16-12-21)15(22)20-8-3-7-19(10-11-20)14-4-2-5-17-18-14/h2,4-6,9,12-13H,3,7-8,10-11H2,1H3/t13-/m1/s1. The summed E-state index contributed by atoms with van der Waals surface area (Å²) in [7, 11) is 0. The van der Waals surface area contributed by atoms with E-state index in [4.69, 9.17) is 0 Å². The lowest BCUT2D eigenvalue weighted by Crippen LogP contribution is -2.39. The van der Waals surface area contributed by atoms with Crippen LogP contribution >= 0.6 is 0 Å². The first-order chi connectivity index (χ1) is 10.8. The third-order valence-corrected chi connectivity index (χ3v) is 4.02. The molecule has 0 unspecified atom stereocenters. The summed E-state index contributed by atoms with van der Waals surface area (Å²) in [4.78, 5) is 20.7. The van der Waals surface area contributed by atoms with Crippen LogP contribution in [-0.4, -0.2) is 56.7 Å². The Balaban J connectivity index is 1.64. The largest absolute Gasteiger partial charge is 0.353 e. The second kappa shape index (κ2) is 6.55. The first kappa shape index (κ1) is 14.5. The van der Waals surface area contributed by atoms with Crippen molar-refractivity contribution in [1.29, 1.82) is 0 Å². The number of aromatic nitrogens is 4. The molecule has 1 fully saturated rings. The number of imidazole rings is 1. The molecule has 116 valence electrons. The monoisotopic (exact) mass is 300 g/mol. The summed E-state index contributed by atoms with van der Waals surface area (Å²) in [6.45, 7) is 5.06. The highest BCUT2D eigenvalue weighted by molar-refractivity contribution is 5.80. The second-order valence-electron chi connectivity index (χ2n) is 5.43. The van der Waals surface area contributed by atoms with E-state index in [0.717, 1.165) is 31.9 Å². The minimum atomic E-state index is -0.217. The molecule has 0 aliphatic carbocycles. The van der Waals surface area contributed by atoms with Crippen LogP contribution < -0.4 is 4.90 Å². The van der Waals surface area contributed by atoms with E-state index in [9.17, 15) is 4.79 Å². The molecule has 22 heavy (non-hydrogen) atoms. The highest BCUT2D eigenvalue weighted by Crippen LogP contribution is 2.15. The molecule has 0 saturated carbocycles. The predicted octanol–water partition coefficient (Wildman–Crippen LogP) is 0.973. The fraction of sp³-hybridized carbons (Fsp3) is 0.467. The molecule has 1 aliphatic heterocycles. The van der Waals surface area contributed by atoms with Crippen molar-refractivity contribution in [3.05, 3.63) is 37.1 Å². The zero-order chi connectivity index (χ0) is 15.4. The Bertz CT molecular complexity index is 600. The second-order valence-corrected chi connectivity index (χ2v) is 5.43. The van der Waals surface area contributed by atoms with Crippen molar-refractivity contribution >= 4 is 11.7 Å². The fourth-order valence-electron chi connectivity index (χ4n) is 2.72. The molecule has 0 spiro atoms. The fourth-order valence-corrected chi connectivity index (χ4v) is 2.72. The number of amides is 1. The Hall–Kier alpha value is -2.44. The van der Waals surface area contributed by atoms with Crippen LogP contribution in [0.5, 0.6) is 0 Å². The first-order valence-corrected chi connectivity index (χ1v) is 7.54. The maximum Gasteiger partial charge on any atom is 0.245 e. The van der Waals surface area contributed by atoms with Gasteiger partial charge in [-0.2, -0.15) is 5.10 Å². The van der Waals surface area contributed by atoms with Crippen LogP contribution in [0, 0.1) is 0 Å². The molecule has 2 aromatic heterocycles. The van der Waals surface area contributed by atoms with Crippen LogP contribution in [-0.2, 0) is 4.79 Å². The number of nitrogens with zero attached hydrogens (tertiary/aromatic N) is 6. The Labute approximate surface area is 129 Å². The van der Waals surface area contributed by atoms with Crippen molar-refractivity contribution in [2.45, 2.75) is 19.4 Å². The summed E-state index contributed by atoms with van der Waals surface area (Å²) in [5.41, 5.74) is 0. The van der Waals surface area contributed by atoms with Crippen LogP contribution in [0.25, 0.3) is 0 Å². The van der Waals surface area contributed by atoms with E-state index in [0.29, 0.717) is 6.54 Å². The highest BCUT2D eigenvalue weighted by atomic mass is 16.2. The zero-order valence-electron chi connectivity index (χ0n) is 12.7. The van der Waals surface area contributed by atoms with Gasteiger partial charge < -0.3 is 14.4 Å². The molecule has 0 aromatic carbocycles. The topological polar surface area (TPSA) is 67.2 Å². The lowest BCUT2D eigenvalue weighted by atomic mass is 10.2. The summed E-state index contributed by atoms with van der Waals surface area (Å²) in [6.07, 6.45) is 7.81. The minimum absolute atomic E-state index is 0.138. The zero-order valence-corrected chi connectivity index (χ0v) is 12.7. The Morgan fingerprint density at radius 3 is 2.86 bits per heavy atom. The summed E-state index contributed by atoms with van der Waals surface area (Å²) >= 11 is 0. The molecular formula is C15H20N6O. The van der Waals surface area contributed by atoms with Gasteiger partial charge in [0.15, 0.2) is 5.82 Å². The first-order valence-electron chi connectivity index (χ1n) is 7.54. The van der Waals surface area contributed by atoms with Crippen LogP contribution in [0.2, 0.25) is 0 Å². The Kier molecular flexibility index (Phi) is 4.32. The van der Waals surface area contributed by atoms with Crippen molar-refractivity contribution in [1.82, 2.24) is 24.6 Å². The van der Waals surface area contributed by atoms with E-state index in [1.807, 2.05) is 34.7 Å². The summed E-state index contributed by atoms with van der Waals surface area (Å²) < 4.78 is 1.84. The van der Waals surface area contributed by atoms with Crippen LogP contribution in [0.3, 0.4) is 0 Å².